The highest BCUT2D eigenvalue weighted by atomic mass is 35.5. The number of hydrogen-bond donors (Lipinski definition) is 0. The third kappa shape index (κ3) is 2.57. The SMILES string of the molecule is Cc1ccc2nc(C(C)Cl)n(CC(C3CC3)C3CC3)c2n1. The molecular formula is C17H22ClN3. The molecule has 1 atom stereocenters. The Balaban J connectivity index is 1.77. The quantitative estimate of drug-likeness (QED) is 0.763. The first-order valence-electron chi connectivity index (χ1n) is 8.11. The van der Waals surface area contributed by atoms with E-state index in [4.69, 9.17) is 21.6 Å². The molecule has 2 heterocycles. The second-order valence-corrected chi connectivity index (χ2v) is 7.49. The molecule has 4 heteroatoms. The average Bonchev–Trinajstić information content (AvgIpc) is 3.33. The predicted molar refractivity (Wildman–Crippen MR) is 85.5 cm³/mol. The number of halogens is 1. The van der Waals surface area contributed by atoms with Crippen molar-refractivity contribution in [2.75, 3.05) is 0 Å². The summed E-state index contributed by atoms with van der Waals surface area (Å²) in [7, 11) is 0. The molecule has 0 aromatic carbocycles. The van der Waals surface area contributed by atoms with E-state index in [1.165, 1.54) is 25.7 Å². The van der Waals surface area contributed by atoms with Gasteiger partial charge in [0.15, 0.2) is 5.65 Å². The summed E-state index contributed by atoms with van der Waals surface area (Å²) in [6, 6.07) is 4.10. The Bertz CT molecular complexity index is 656. The van der Waals surface area contributed by atoms with Gasteiger partial charge in [0.1, 0.15) is 11.3 Å². The zero-order valence-corrected chi connectivity index (χ0v) is 13.5. The number of aryl methyl sites for hydroxylation is 1. The predicted octanol–water partition coefficient (Wildman–Crippen LogP) is 4.48. The van der Waals surface area contributed by atoms with Crippen molar-refractivity contribution in [2.24, 2.45) is 17.8 Å². The molecule has 2 aromatic rings. The normalized spacial score (nSPS) is 20.4. The summed E-state index contributed by atoms with van der Waals surface area (Å²) in [5.74, 6) is 3.64. The molecular weight excluding hydrogens is 282 g/mol. The number of hydrogen-bond acceptors (Lipinski definition) is 2. The Hall–Kier alpha value is -1.09. The van der Waals surface area contributed by atoms with E-state index < -0.39 is 0 Å². The smallest absolute Gasteiger partial charge is 0.160 e. The maximum absolute atomic E-state index is 6.38. The minimum atomic E-state index is -0.0708. The van der Waals surface area contributed by atoms with Crippen LogP contribution < -0.4 is 0 Å². The van der Waals surface area contributed by atoms with Crippen molar-refractivity contribution in [3.8, 4) is 0 Å². The van der Waals surface area contributed by atoms with E-state index in [1.54, 1.807) is 0 Å². The summed E-state index contributed by atoms with van der Waals surface area (Å²) in [6.45, 7) is 5.10. The van der Waals surface area contributed by atoms with Crippen LogP contribution in [0.15, 0.2) is 12.1 Å². The molecule has 3 nitrogen and oxygen atoms in total. The summed E-state index contributed by atoms with van der Waals surface area (Å²) in [4.78, 5) is 9.47. The number of rotatable bonds is 5. The fraction of sp³-hybridized carbons (Fsp3) is 0.647. The monoisotopic (exact) mass is 303 g/mol. The van der Waals surface area contributed by atoms with Gasteiger partial charge in [-0.1, -0.05) is 0 Å². The highest BCUT2D eigenvalue weighted by Crippen LogP contribution is 2.50. The van der Waals surface area contributed by atoms with Crippen LogP contribution in [-0.2, 0) is 6.54 Å². The number of imidazole rings is 1. The topological polar surface area (TPSA) is 30.7 Å². The van der Waals surface area contributed by atoms with Gasteiger partial charge >= 0.3 is 0 Å². The number of pyridine rings is 1. The Morgan fingerprint density at radius 1 is 1.19 bits per heavy atom. The van der Waals surface area contributed by atoms with E-state index in [9.17, 15) is 0 Å². The van der Waals surface area contributed by atoms with Crippen LogP contribution in [0.4, 0.5) is 0 Å². The van der Waals surface area contributed by atoms with Crippen LogP contribution in [0.2, 0.25) is 0 Å². The van der Waals surface area contributed by atoms with Crippen LogP contribution in [0.3, 0.4) is 0 Å². The van der Waals surface area contributed by atoms with Crippen LogP contribution in [-0.4, -0.2) is 14.5 Å². The number of nitrogens with zero attached hydrogens (tertiary/aromatic N) is 3. The molecule has 0 radical (unpaired) electrons. The highest BCUT2D eigenvalue weighted by Gasteiger charge is 2.42. The standard InChI is InChI=1S/C17H22ClN3/c1-10-3-8-15-17(19-10)21(16(20-15)11(2)18)9-14(12-4-5-12)13-6-7-13/h3,8,11-14H,4-7,9H2,1-2H3. The van der Waals surface area contributed by atoms with Crippen molar-refractivity contribution in [1.29, 1.82) is 0 Å². The first-order chi connectivity index (χ1) is 10.1. The van der Waals surface area contributed by atoms with Crippen molar-refractivity contribution in [1.82, 2.24) is 14.5 Å². The van der Waals surface area contributed by atoms with Crippen LogP contribution >= 0.6 is 11.6 Å². The molecule has 112 valence electrons. The van der Waals surface area contributed by atoms with Gasteiger partial charge in [-0.05, 0) is 69.4 Å². The Morgan fingerprint density at radius 3 is 2.43 bits per heavy atom. The molecule has 2 aliphatic rings. The first-order valence-corrected chi connectivity index (χ1v) is 8.55. The Kier molecular flexibility index (Phi) is 3.21. The fourth-order valence-electron chi connectivity index (χ4n) is 3.54. The van der Waals surface area contributed by atoms with Crippen molar-refractivity contribution in [3.05, 3.63) is 23.7 Å². The van der Waals surface area contributed by atoms with E-state index in [0.717, 1.165) is 47.0 Å². The molecule has 2 saturated carbocycles. The molecule has 0 aliphatic heterocycles. The molecule has 4 rings (SSSR count). The van der Waals surface area contributed by atoms with Crippen molar-refractivity contribution in [3.63, 3.8) is 0 Å². The van der Waals surface area contributed by atoms with Crippen LogP contribution in [0.1, 0.15) is 49.5 Å². The summed E-state index contributed by atoms with van der Waals surface area (Å²) >= 11 is 6.38. The van der Waals surface area contributed by atoms with Gasteiger partial charge < -0.3 is 4.57 Å². The first kappa shape index (κ1) is 13.6. The minimum absolute atomic E-state index is 0.0708. The second-order valence-electron chi connectivity index (χ2n) is 6.83. The molecule has 1 unspecified atom stereocenters. The van der Waals surface area contributed by atoms with E-state index in [1.807, 2.05) is 19.9 Å². The summed E-state index contributed by atoms with van der Waals surface area (Å²) < 4.78 is 2.31. The molecule has 0 N–H and O–H groups in total. The third-order valence-corrected chi connectivity index (χ3v) is 5.16. The van der Waals surface area contributed by atoms with Gasteiger partial charge in [0.2, 0.25) is 0 Å². The third-order valence-electron chi connectivity index (χ3n) is 4.97. The van der Waals surface area contributed by atoms with Gasteiger partial charge in [-0.25, -0.2) is 9.97 Å². The second kappa shape index (κ2) is 4.98. The van der Waals surface area contributed by atoms with Crippen LogP contribution in [0, 0.1) is 24.7 Å². The van der Waals surface area contributed by atoms with E-state index in [0.29, 0.717) is 0 Å². The zero-order chi connectivity index (χ0) is 14.6. The molecule has 0 bridgehead atoms. The van der Waals surface area contributed by atoms with Crippen molar-refractivity contribution >= 4 is 22.8 Å². The molecule has 2 aliphatic carbocycles. The van der Waals surface area contributed by atoms with E-state index in [2.05, 4.69) is 10.6 Å². The Labute approximate surface area is 130 Å². The van der Waals surface area contributed by atoms with Gasteiger partial charge in [-0.2, -0.15) is 0 Å². The maximum Gasteiger partial charge on any atom is 0.160 e. The van der Waals surface area contributed by atoms with Crippen LogP contribution in [0.5, 0.6) is 0 Å². The van der Waals surface area contributed by atoms with Gasteiger partial charge in [0.25, 0.3) is 0 Å². The molecule has 21 heavy (non-hydrogen) atoms. The lowest BCUT2D eigenvalue weighted by Crippen LogP contribution is -2.17. The van der Waals surface area contributed by atoms with Crippen molar-refractivity contribution < 1.29 is 0 Å². The molecule has 0 spiro atoms. The largest absolute Gasteiger partial charge is 0.311 e. The van der Waals surface area contributed by atoms with Gasteiger partial charge in [0, 0.05) is 12.2 Å². The average molecular weight is 304 g/mol. The Morgan fingerprint density at radius 2 is 1.86 bits per heavy atom. The van der Waals surface area contributed by atoms with Gasteiger partial charge in [-0.3, -0.25) is 0 Å². The van der Waals surface area contributed by atoms with E-state index in [-0.39, 0.29) is 5.38 Å². The van der Waals surface area contributed by atoms with Crippen LogP contribution in [0.25, 0.3) is 11.2 Å². The fourth-order valence-corrected chi connectivity index (χ4v) is 3.71. The number of alkyl halides is 1. The summed E-state index contributed by atoms with van der Waals surface area (Å²) in [5.41, 5.74) is 3.05. The molecule has 2 fully saturated rings. The summed E-state index contributed by atoms with van der Waals surface area (Å²) in [5, 5.41) is -0.0708. The van der Waals surface area contributed by atoms with E-state index >= 15 is 0 Å². The van der Waals surface area contributed by atoms with Crippen molar-refractivity contribution in [2.45, 2.75) is 51.5 Å². The van der Waals surface area contributed by atoms with Gasteiger partial charge in [-0.15, -0.1) is 11.6 Å². The minimum Gasteiger partial charge on any atom is -0.311 e. The number of aromatic nitrogens is 3. The zero-order valence-electron chi connectivity index (χ0n) is 12.7. The van der Waals surface area contributed by atoms with Gasteiger partial charge in [0.05, 0.1) is 5.38 Å². The lowest BCUT2D eigenvalue weighted by Gasteiger charge is -2.19. The number of fused-ring (bicyclic) bond motifs is 1. The maximum atomic E-state index is 6.38. The lowest BCUT2D eigenvalue weighted by atomic mass is 9.98. The lowest BCUT2D eigenvalue weighted by molar-refractivity contribution is 0.347. The highest BCUT2D eigenvalue weighted by molar-refractivity contribution is 6.20. The molecule has 0 amide bonds. The molecule has 0 saturated heterocycles. The summed E-state index contributed by atoms with van der Waals surface area (Å²) in [6.07, 6.45) is 5.63. The molecule has 2 aromatic heterocycles.